The topological polar surface area (TPSA) is 46.8 Å². The monoisotopic (exact) mass is 682 g/mol. The minimum absolute atomic E-state index is 0.0254. The van der Waals surface area contributed by atoms with E-state index in [0.29, 0.717) is 0 Å². The van der Waals surface area contributed by atoms with E-state index < -0.39 is 24.7 Å². The van der Waals surface area contributed by atoms with Crippen LogP contribution in [0.4, 0.5) is 0 Å². The van der Waals surface area contributed by atoms with Crippen molar-refractivity contribution in [3.05, 3.63) is 108 Å². The van der Waals surface area contributed by atoms with Crippen LogP contribution in [-0.2, 0) is 19.6 Å². The highest BCUT2D eigenvalue weighted by atomic mass is 28.3. The van der Waals surface area contributed by atoms with Crippen LogP contribution in [0, 0.1) is 5.92 Å². The van der Waals surface area contributed by atoms with Gasteiger partial charge >= 0.3 is 0 Å². The highest BCUT2D eigenvalue weighted by molar-refractivity contribution is 6.74. The Labute approximate surface area is 288 Å². The molecule has 0 atom stereocenters. The van der Waals surface area contributed by atoms with Crippen molar-refractivity contribution in [3.63, 3.8) is 0 Å². The van der Waals surface area contributed by atoms with Gasteiger partial charge in [0.1, 0.15) is 0 Å². The predicted molar refractivity (Wildman–Crippen MR) is 211 cm³/mol. The van der Waals surface area contributed by atoms with Gasteiger partial charge in [-0.2, -0.15) is 15.3 Å². The normalized spacial score (nSPS) is 18.0. The molecule has 0 amide bonds. The standard InChI is InChI=1S/C38H58N6Si3/c1-32(39-42(45(2,3)4)29-33-21-14-11-15-22-33)38-36(40-43(46(5,6)7)30-34-23-16-12-17-24-34)27-20-28-37(38)41-44(47(8,9)10)31-35-25-18-13-19-26-35/h11-19,21-26,38H,20,27-31H2,1-10H3. The fourth-order valence-corrected chi connectivity index (χ4v) is 9.01. The first-order valence-electron chi connectivity index (χ1n) is 17.3. The molecule has 1 saturated carbocycles. The number of hydrogen-bond acceptors (Lipinski definition) is 6. The van der Waals surface area contributed by atoms with E-state index in [4.69, 9.17) is 15.3 Å². The zero-order chi connectivity index (χ0) is 34.2. The van der Waals surface area contributed by atoms with Gasteiger partial charge in [0.05, 0.1) is 37.0 Å². The molecule has 3 aromatic rings. The van der Waals surface area contributed by atoms with Gasteiger partial charge in [-0.3, -0.25) is 0 Å². The third kappa shape index (κ3) is 10.9. The van der Waals surface area contributed by atoms with Crippen molar-refractivity contribution >= 4 is 41.8 Å². The van der Waals surface area contributed by atoms with E-state index in [-0.39, 0.29) is 5.92 Å². The molecular weight excluding hydrogens is 625 g/mol. The third-order valence-corrected chi connectivity index (χ3v) is 14.0. The van der Waals surface area contributed by atoms with Crippen molar-refractivity contribution in [1.82, 2.24) is 14.0 Å². The van der Waals surface area contributed by atoms with E-state index in [0.717, 1.165) is 44.6 Å². The van der Waals surface area contributed by atoms with E-state index in [1.165, 1.54) is 28.1 Å². The van der Waals surface area contributed by atoms with Crippen LogP contribution in [0.25, 0.3) is 0 Å². The zero-order valence-electron chi connectivity index (χ0n) is 30.7. The Balaban J connectivity index is 1.83. The Morgan fingerprint density at radius 3 is 1.17 bits per heavy atom. The van der Waals surface area contributed by atoms with Crippen LogP contribution >= 0.6 is 0 Å². The lowest BCUT2D eigenvalue weighted by Crippen LogP contribution is -2.47. The molecule has 0 aliphatic heterocycles. The van der Waals surface area contributed by atoms with Crippen molar-refractivity contribution in [3.8, 4) is 0 Å². The lowest BCUT2D eigenvalue weighted by molar-refractivity contribution is 0.430. The van der Waals surface area contributed by atoms with E-state index in [1.54, 1.807) is 0 Å². The Kier molecular flexibility index (Phi) is 12.2. The van der Waals surface area contributed by atoms with Crippen LogP contribution in [0.1, 0.15) is 42.9 Å². The molecule has 0 radical (unpaired) electrons. The first-order valence-corrected chi connectivity index (χ1v) is 27.6. The summed E-state index contributed by atoms with van der Waals surface area (Å²) in [6.07, 6.45) is 2.98. The summed E-state index contributed by atoms with van der Waals surface area (Å²) in [4.78, 5) is 0. The highest BCUT2D eigenvalue weighted by Gasteiger charge is 2.35. The van der Waals surface area contributed by atoms with Gasteiger partial charge in [0.15, 0.2) is 24.7 Å². The van der Waals surface area contributed by atoms with Crippen LogP contribution in [-0.4, -0.2) is 55.9 Å². The lowest BCUT2D eigenvalue weighted by Gasteiger charge is -2.38. The SMILES string of the molecule is CC(=NN(Cc1ccccc1)[Si](C)(C)C)C1C(=NN(Cc2ccccc2)[Si](C)(C)C)CCCC1=NN(Cc1ccccc1)[Si](C)(C)C. The summed E-state index contributed by atoms with van der Waals surface area (Å²) in [5.74, 6) is -0.0254. The molecule has 3 aromatic carbocycles. The number of hydrogen-bond donors (Lipinski definition) is 0. The van der Waals surface area contributed by atoms with Crippen molar-refractivity contribution < 1.29 is 0 Å². The minimum atomic E-state index is -1.81. The second-order valence-electron chi connectivity index (χ2n) is 15.9. The number of benzene rings is 3. The van der Waals surface area contributed by atoms with Crippen LogP contribution < -0.4 is 0 Å². The molecule has 252 valence electrons. The summed E-state index contributed by atoms with van der Waals surface area (Å²) in [5.41, 5.74) is 7.41. The summed E-state index contributed by atoms with van der Waals surface area (Å²) < 4.78 is 7.23. The summed E-state index contributed by atoms with van der Waals surface area (Å²) in [6.45, 7) is 26.2. The molecule has 6 nitrogen and oxygen atoms in total. The predicted octanol–water partition coefficient (Wildman–Crippen LogP) is 9.89. The Bertz CT molecular complexity index is 1430. The van der Waals surface area contributed by atoms with Crippen LogP contribution in [0.5, 0.6) is 0 Å². The van der Waals surface area contributed by atoms with E-state index >= 15 is 0 Å². The van der Waals surface area contributed by atoms with Gasteiger partial charge in [0, 0.05) is 5.71 Å². The quantitative estimate of drug-likeness (QED) is 0.102. The maximum absolute atomic E-state index is 5.60. The number of hydrazone groups is 3. The van der Waals surface area contributed by atoms with Gasteiger partial charge in [-0.25, -0.2) is 0 Å². The first kappa shape index (κ1) is 36.6. The van der Waals surface area contributed by atoms with E-state index in [1.807, 2.05) is 0 Å². The molecule has 47 heavy (non-hydrogen) atoms. The molecule has 9 heteroatoms. The van der Waals surface area contributed by atoms with Gasteiger partial charge in [0.2, 0.25) is 0 Å². The van der Waals surface area contributed by atoms with Crippen molar-refractivity contribution in [2.24, 2.45) is 21.2 Å². The average molecular weight is 683 g/mol. The van der Waals surface area contributed by atoms with Gasteiger partial charge < -0.3 is 14.0 Å². The fraction of sp³-hybridized carbons (Fsp3) is 0.447. The summed E-state index contributed by atoms with van der Waals surface area (Å²) >= 11 is 0. The van der Waals surface area contributed by atoms with Gasteiger partial charge in [-0.05, 0) is 42.9 Å². The first-order chi connectivity index (χ1) is 22.1. The Morgan fingerprint density at radius 1 is 0.532 bits per heavy atom. The summed E-state index contributed by atoms with van der Waals surface area (Å²) in [5, 5.41) is 16.7. The Hall–Kier alpha value is -3.28. The lowest BCUT2D eigenvalue weighted by atomic mass is 9.82. The molecule has 0 aromatic heterocycles. The maximum Gasteiger partial charge on any atom is 0.169 e. The summed E-state index contributed by atoms with van der Waals surface area (Å²) in [6, 6.07) is 32.3. The Morgan fingerprint density at radius 2 is 0.851 bits per heavy atom. The largest absolute Gasteiger partial charge is 0.320 e. The molecule has 0 unspecified atom stereocenters. The van der Waals surface area contributed by atoms with E-state index in [2.05, 4.69) is 171 Å². The van der Waals surface area contributed by atoms with Gasteiger partial charge in [0.25, 0.3) is 0 Å². The molecule has 4 rings (SSSR count). The molecule has 1 fully saturated rings. The summed E-state index contributed by atoms with van der Waals surface area (Å²) in [7, 11) is -5.42. The number of nitrogens with zero attached hydrogens (tertiary/aromatic N) is 6. The van der Waals surface area contributed by atoms with E-state index in [9.17, 15) is 0 Å². The molecule has 0 bridgehead atoms. The number of rotatable bonds is 13. The smallest absolute Gasteiger partial charge is 0.169 e. The maximum atomic E-state index is 5.60. The fourth-order valence-electron chi connectivity index (χ4n) is 5.72. The minimum Gasteiger partial charge on any atom is -0.320 e. The molecule has 0 N–H and O–H groups in total. The molecule has 0 spiro atoms. The molecule has 1 aliphatic carbocycles. The van der Waals surface area contributed by atoms with Crippen LogP contribution in [0.3, 0.4) is 0 Å². The van der Waals surface area contributed by atoms with Crippen LogP contribution in [0.2, 0.25) is 58.9 Å². The second kappa shape index (κ2) is 15.7. The second-order valence-corrected chi connectivity index (χ2v) is 30.4. The van der Waals surface area contributed by atoms with Crippen LogP contribution in [0.15, 0.2) is 106 Å². The van der Waals surface area contributed by atoms with Gasteiger partial charge in [-0.15, -0.1) is 0 Å². The average Bonchev–Trinajstić information content (AvgIpc) is 3.00. The van der Waals surface area contributed by atoms with Crippen molar-refractivity contribution in [2.45, 2.75) is 105 Å². The molecular formula is C38H58N6Si3. The van der Waals surface area contributed by atoms with Crippen molar-refractivity contribution in [1.29, 1.82) is 0 Å². The zero-order valence-corrected chi connectivity index (χ0v) is 33.7. The molecule has 0 saturated heterocycles. The van der Waals surface area contributed by atoms with Gasteiger partial charge in [-0.1, -0.05) is 150 Å². The molecule has 1 aliphatic rings. The highest BCUT2D eigenvalue weighted by Crippen LogP contribution is 2.28. The molecule has 0 heterocycles. The van der Waals surface area contributed by atoms with Crippen molar-refractivity contribution in [2.75, 3.05) is 0 Å². The third-order valence-electron chi connectivity index (χ3n) is 8.58.